The van der Waals surface area contributed by atoms with Gasteiger partial charge in [0.25, 0.3) is 0 Å². The highest BCUT2D eigenvalue weighted by molar-refractivity contribution is 4.49. The van der Waals surface area contributed by atoms with Crippen molar-refractivity contribution in [3.63, 3.8) is 0 Å². The Balaban J connectivity index is 0. The predicted molar refractivity (Wildman–Crippen MR) is 99.4 cm³/mol. The predicted octanol–water partition coefficient (Wildman–Crippen LogP) is 2.80. The summed E-state index contributed by atoms with van der Waals surface area (Å²) in [5, 5.41) is 0. The average Bonchev–Trinajstić information content (AvgIpc) is 2.45. The molecule has 0 unspecified atom stereocenters. The van der Waals surface area contributed by atoms with Gasteiger partial charge >= 0.3 is 0 Å². The van der Waals surface area contributed by atoms with Crippen molar-refractivity contribution in [1.82, 2.24) is 0 Å². The standard InChI is InChI=1S/C20H44NO.BrH/c1-5-22-20-18-16-14-12-10-8-6-7-9-11-13-15-17-19-21(2,3)4;/h5-20H2,1-4H3;1H/q+1;/p-1. The Labute approximate surface area is 157 Å². The van der Waals surface area contributed by atoms with Gasteiger partial charge in [0, 0.05) is 13.2 Å². The second-order valence-corrected chi connectivity index (χ2v) is 7.81. The molecule has 0 aromatic rings. The van der Waals surface area contributed by atoms with Gasteiger partial charge in [0.1, 0.15) is 0 Å². The highest BCUT2D eigenvalue weighted by atomic mass is 79.9. The second-order valence-electron chi connectivity index (χ2n) is 7.81. The fourth-order valence-corrected chi connectivity index (χ4v) is 2.88. The van der Waals surface area contributed by atoms with Gasteiger partial charge in [0.05, 0.1) is 27.7 Å². The Bertz CT molecular complexity index is 216. The molecule has 0 aromatic carbocycles. The van der Waals surface area contributed by atoms with E-state index in [0.29, 0.717) is 0 Å². The van der Waals surface area contributed by atoms with Gasteiger partial charge in [-0.3, -0.25) is 0 Å². The average molecular weight is 394 g/mol. The summed E-state index contributed by atoms with van der Waals surface area (Å²) < 4.78 is 6.47. The molecule has 0 heterocycles. The number of hydrogen-bond donors (Lipinski definition) is 0. The van der Waals surface area contributed by atoms with E-state index in [-0.39, 0.29) is 17.0 Å². The van der Waals surface area contributed by atoms with E-state index in [9.17, 15) is 0 Å². The van der Waals surface area contributed by atoms with Gasteiger partial charge in [-0.2, -0.15) is 0 Å². The number of unbranched alkanes of at least 4 members (excludes halogenated alkanes) is 12. The molecule has 0 aliphatic rings. The van der Waals surface area contributed by atoms with Gasteiger partial charge in [0.15, 0.2) is 0 Å². The first-order valence-electron chi connectivity index (χ1n) is 9.94. The molecule has 142 valence electrons. The molecule has 23 heavy (non-hydrogen) atoms. The number of hydrogen-bond acceptors (Lipinski definition) is 1. The summed E-state index contributed by atoms with van der Waals surface area (Å²) in [4.78, 5) is 0. The van der Waals surface area contributed by atoms with Crippen molar-refractivity contribution in [2.75, 3.05) is 40.9 Å². The van der Waals surface area contributed by atoms with Crippen LogP contribution in [0.2, 0.25) is 0 Å². The molecule has 0 atom stereocenters. The molecule has 0 saturated heterocycles. The van der Waals surface area contributed by atoms with E-state index in [1.807, 2.05) is 0 Å². The third-order valence-corrected chi connectivity index (χ3v) is 4.32. The van der Waals surface area contributed by atoms with Crippen LogP contribution >= 0.6 is 0 Å². The molecule has 0 N–H and O–H groups in total. The van der Waals surface area contributed by atoms with E-state index in [2.05, 4.69) is 28.1 Å². The lowest BCUT2D eigenvalue weighted by molar-refractivity contribution is -0.870. The van der Waals surface area contributed by atoms with Gasteiger partial charge in [0.2, 0.25) is 0 Å². The first-order chi connectivity index (χ1) is 10.6. The summed E-state index contributed by atoms with van der Waals surface area (Å²) in [6.45, 7) is 5.23. The number of quaternary nitrogens is 1. The molecule has 0 aliphatic carbocycles. The highest BCUT2D eigenvalue weighted by Crippen LogP contribution is 2.12. The summed E-state index contributed by atoms with van der Waals surface area (Å²) in [5.41, 5.74) is 0. The molecule has 0 aliphatic heterocycles. The van der Waals surface area contributed by atoms with Crippen LogP contribution < -0.4 is 17.0 Å². The van der Waals surface area contributed by atoms with Crippen LogP contribution in [0.5, 0.6) is 0 Å². The van der Waals surface area contributed by atoms with Crippen molar-refractivity contribution in [3.05, 3.63) is 0 Å². The molecule has 0 radical (unpaired) electrons. The SMILES string of the molecule is CCOCCCCCCCCCCCCCCC[N+](C)(C)C.[Br-]. The monoisotopic (exact) mass is 393 g/mol. The molecule has 0 aromatic heterocycles. The third kappa shape index (κ3) is 24.8. The van der Waals surface area contributed by atoms with Crippen molar-refractivity contribution >= 4 is 0 Å². The van der Waals surface area contributed by atoms with Crippen LogP contribution in [0.4, 0.5) is 0 Å². The van der Waals surface area contributed by atoms with Crippen molar-refractivity contribution in [3.8, 4) is 0 Å². The summed E-state index contributed by atoms with van der Waals surface area (Å²) in [6.07, 6.45) is 18.4. The van der Waals surface area contributed by atoms with Crippen LogP contribution in [0.3, 0.4) is 0 Å². The maximum atomic E-state index is 5.36. The Morgan fingerprint density at radius 2 is 0.913 bits per heavy atom. The quantitative estimate of drug-likeness (QED) is 0.272. The molecule has 0 fully saturated rings. The van der Waals surface area contributed by atoms with Gasteiger partial charge in [-0.15, -0.1) is 0 Å². The van der Waals surface area contributed by atoms with Crippen LogP contribution in [0.15, 0.2) is 0 Å². The first-order valence-corrected chi connectivity index (χ1v) is 9.94. The minimum absolute atomic E-state index is 0. The lowest BCUT2D eigenvalue weighted by Crippen LogP contribution is -3.00. The number of rotatable bonds is 17. The van der Waals surface area contributed by atoms with E-state index < -0.39 is 0 Å². The van der Waals surface area contributed by atoms with Crippen molar-refractivity contribution in [1.29, 1.82) is 0 Å². The fourth-order valence-electron chi connectivity index (χ4n) is 2.88. The van der Waals surface area contributed by atoms with E-state index in [1.165, 1.54) is 90.0 Å². The van der Waals surface area contributed by atoms with Crippen molar-refractivity contribution < 1.29 is 26.2 Å². The lowest BCUT2D eigenvalue weighted by Gasteiger charge is -2.23. The maximum Gasteiger partial charge on any atom is 0.0780 e. The highest BCUT2D eigenvalue weighted by Gasteiger charge is 2.04. The normalized spacial score (nSPS) is 11.5. The first kappa shape index (κ1) is 25.6. The molecule has 2 nitrogen and oxygen atoms in total. The zero-order valence-electron chi connectivity index (χ0n) is 16.5. The van der Waals surface area contributed by atoms with E-state index in [0.717, 1.165) is 17.7 Å². The van der Waals surface area contributed by atoms with Gasteiger partial charge < -0.3 is 26.2 Å². The summed E-state index contributed by atoms with van der Waals surface area (Å²) in [7, 11) is 6.87. The van der Waals surface area contributed by atoms with E-state index in [4.69, 9.17) is 4.74 Å². The minimum atomic E-state index is 0. The topological polar surface area (TPSA) is 9.23 Å². The fraction of sp³-hybridized carbons (Fsp3) is 1.00. The molecule has 3 heteroatoms. The Hall–Kier alpha value is 0.400. The molecule has 0 saturated carbocycles. The van der Waals surface area contributed by atoms with E-state index in [1.54, 1.807) is 0 Å². The Kier molecular flexibility index (Phi) is 20.9. The molecular formula is C20H44BrNO. The molecule has 0 spiro atoms. The molecule has 0 bridgehead atoms. The smallest absolute Gasteiger partial charge is 0.0780 e. The maximum absolute atomic E-state index is 5.36. The van der Waals surface area contributed by atoms with Gasteiger partial charge in [-0.25, -0.2) is 0 Å². The molecule has 0 amide bonds. The van der Waals surface area contributed by atoms with E-state index >= 15 is 0 Å². The summed E-state index contributed by atoms with van der Waals surface area (Å²) in [5.74, 6) is 0. The van der Waals surface area contributed by atoms with Crippen LogP contribution in [-0.4, -0.2) is 45.4 Å². The van der Waals surface area contributed by atoms with Crippen LogP contribution in [0.25, 0.3) is 0 Å². The minimum Gasteiger partial charge on any atom is -1.00 e. The zero-order valence-corrected chi connectivity index (χ0v) is 18.1. The van der Waals surface area contributed by atoms with Crippen LogP contribution in [-0.2, 0) is 4.74 Å². The molecule has 0 rings (SSSR count). The number of ether oxygens (including phenoxy) is 1. The summed E-state index contributed by atoms with van der Waals surface area (Å²) in [6, 6.07) is 0. The van der Waals surface area contributed by atoms with Crippen molar-refractivity contribution in [2.45, 2.75) is 90.4 Å². The third-order valence-electron chi connectivity index (χ3n) is 4.32. The van der Waals surface area contributed by atoms with Crippen molar-refractivity contribution in [2.24, 2.45) is 0 Å². The zero-order chi connectivity index (χ0) is 16.5. The largest absolute Gasteiger partial charge is 1.00 e. The van der Waals surface area contributed by atoms with Crippen LogP contribution in [0.1, 0.15) is 90.4 Å². The van der Waals surface area contributed by atoms with Crippen LogP contribution in [0, 0.1) is 0 Å². The second kappa shape index (κ2) is 18.7. The van der Waals surface area contributed by atoms with Gasteiger partial charge in [-0.05, 0) is 26.2 Å². The van der Waals surface area contributed by atoms with Gasteiger partial charge in [-0.1, -0.05) is 64.2 Å². The number of halogens is 1. The lowest BCUT2D eigenvalue weighted by atomic mass is 10.0. The Morgan fingerprint density at radius 3 is 1.26 bits per heavy atom. The Morgan fingerprint density at radius 1 is 0.565 bits per heavy atom. The number of nitrogens with zero attached hydrogens (tertiary/aromatic N) is 1. The summed E-state index contributed by atoms with van der Waals surface area (Å²) >= 11 is 0. The molecular weight excluding hydrogens is 350 g/mol.